The fourth-order valence-corrected chi connectivity index (χ4v) is 1.29. The maximum Gasteiger partial charge on any atom is 0.328 e. The van der Waals surface area contributed by atoms with Gasteiger partial charge in [0.1, 0.15) is 12.1 Å². The molecule has 5 nitrogen and oxygen atoms in total. The zero-order valence-corrected chi connectivity index (χ0v) is 11.3. The average Bonchev–Trinajstić information content (AvgIpc) is 2.19. The Bertz CT molecular complexity index is 305. The third kappa shape index (κ3) is 8.61. The van der Waals surface area contributed by atoms with E-state index in [0.29, 0.717) is 12.8 Å². The second-order valence-electron chi connectivity index (χ2n) is 5.04. The molecule has 0 radical (unpaired) electrons. The van der Waals surface area contributed by atoms with Crippen molar-refractivity contribution in [3.05, 3.63) is 12.7 Å². The Morgan fingerprint density at radius 2 is 2.11 bits per heavy atom. The van der Waals surface area contributed by atoms with Crippen LogP contribution in [0.1, 0.15) is 46.5 Å². The van der Waals surface area contributed by atoms with Gasteiger partial charge in [-0.3, -0.25) is 4.99 Å². The van der Waals surface area contributed by atoms with Gasteiger partial charge in [0.2, 0.25) is 0 Å². The molecule has 1 atom stereocenters. The van der Waals surface area contributed by atoms with Gasteiger partial charge in [-0.05, 0) is 19.3 Å². The quantitative estimate of drug-likeness (QED) is 0.325. The fraction of sp³-hybridized carbons (Fsp3) is 0.692. The van der Waals surface area contributed by atoms with Crippen LogP contribution in [0, 0.1) is 0 Å². The summed E-state index contributed by atoms with van der Waals surface area (Å²) in [5, 5.41) is 20.3. The third-order valence-corrected chi connectivity index (χ3v) is 2.08. The molecular weight excluding hydrogens is 234 g/mol. The van der Waals surface area contributed by atoms with Gasteiger partial charge < -0.3 is 14.9 Å². The van der Waals surface area contributed by atoms with Crippen molar-refractivity contribution in [2.24, 2.45) is 4.99 Å². The zero-order valence-electron chi connectivity index (χ0n) is 11.3. The standard InChI is InChI=1S/C13H23NO4/c1-5-6-7-8-9-10(11(15)16)14-12(17)18-13(2,3)4/h5,10H,1,6-9H2,2-4H3,(H,14,17)(H,15,16)/p-1/t10-/m0/s1. The van der Waals surface area contributed by atoms with Gasteiger partial charge in [-0.15, -0.1) is 6.58 Å². The molecule has 1 N–H and O–H groups in total. The fourth-order valence-electron chi connectivity index (χ4n) is 1.29. The summed E-state index contributed by atoms with van der Waals surface area (Å²) in [6.45, 7) is 8.71. The number of aliphatic carboxylic acids is 1. The maximum absolute atomic E-state index is 11.4. The number of nitrogens with zero attached hydrogens (tertiary/aromatic N) is 1. The Morgan fingerprint density at radius 3 is 2.56 bits per heavy atom. The van der Waals surface area contributed by atoms with Crippen LogP contribution >= 0.6 is 0 Å². The lowest BCUT2D eigenvalue weighted by molar-refractivity contribution is -0.261. The number of unbranched alkanes of at least 4 members (excludes halogenated alkanes) is 2. The molecule has 0 saturated heterocycles. The van der Waals surface area contributed by atoms with Gasteiger partial charge in [0.25, 0.3) is 0 Å². The first kappa shape index (κ1) is 16.5. The van der Waals surface area contributed by atoms with E-state index in [1.54, 1.807) is 26.8 Å². The summed E-state index contributed by atoms with van der Waals surface area (Å²) in [4.78, 5) is 14.5. The Kier molecular flexibility index (Phi) is 7.08. The predicted molar refractivity (Wildman–Crippen MR) is 68.4 cm³/mol. The van der Waals surface area contributed by atoms with E-state index < -0.39 is 23.7 Å². The molecular formula is C13H22NO4-. The van der Waals surface area contributed by atoms with E-state index in [1.807, 2.05) is 0 Å². The van der Waals surface area contributed by atoms with Gasteiger partial charge in [-0.1, -0.05) is 33.3 Å². The van der Waals surface area contributed by atoms with E-state index in [4.69, 9.17) is 9.84 Å². The van der Waals surface area contributed by atoms with E-state index >= 15 is 0 Å². The molecule has 0 aromatic rings. The van der Waals surface area contributed by atoms with Gasteiger partial charge >= 0.3 is 5.97 Å². The highest BCUT2D eigenvalue weighted by Gasteiger charge is 2.16. The molecule has 0 unspecified atom stereocenters. The van der Waals surface area contributed by atoms with Crippen LogP contribution in [0.3, 0.4) is 0 Å². The summed E-state index contributed by atoms with van der Waals surface area (Å²) in [5.41, 5.74) is -0.660. The third-order valence-electron chi connectivity index (χ3n) is 2.08. The van der Waals surface area contributed by atoms with Crippen molar-refractivity contribution in [1.82, 2.24) is 0 Å². The van der Waals surface area contributed by atoms with Gasteiger partial charge in [0.15, 0.2) is 0 Å². The number of hydrogen-bond donors (Lipinski definition) is 1. The van der Waals surface area contributed by atoms with Crippen LogP contribution in [0.25, 0.3) is 0 Å². The van der Waals surface area contributed by atoms with E-state index in [2.05, 4.69) is 11.6 Å². The number of carboxylic acid groups (broad SMARTS) is 1. The molecule has 0 amide bonds. The SMILES string of the molecule is C=CCCCC[C@H](N=C([O-])OC(C)(C)C)C(=O)O. The van der Waals surface area contributed by atoms with Gasteiger partial charge in [-0.25, -0.2) is 4.79 Å². The largest absolute Gasteiger partial charge is 0.595 e. The summed E-state index contributed by atoms with van der Waals surface area (Å²) in [5.74, 6) is -1.10. The predicted octanol–water partition coefficient (Wildman–Crippen LogP) is 1.72. The van der Waals surface area contributed by atoms with Crippen LogP contribution in [0.4, 0.5) is 0 Å². The lowest BCUT2D eigenvalue weighted by Crippen LogP contribution is -2.34. The summed E-state index contributed by atoms with van der Waals surface area (Å²) in [6.07, 6.45) is 3.66. The Balaban J connectivity index is 4.37. The topological polar surface area (TPSA) is 82.0 Å². The summed E-state index contributed by atoms with van der Waals surface area (Å²) >= 11 is 0. The number of allylic oxidation sites excluding steroid dienone is 1. The molecule has 0 aliphatic rings. The van der Waals surface area contributed by atoms with Crippen molar-refractivity contribution in [1.29, 1.82) is 0 Å². The first-order chi connectivity index (χ1) is 8.26. The van der Waals surface area contributed by atoms with Crippen LogP contribution in [0.5, 0.6) is 0 Å². The number of rotatable bonds is 7. The van der Waals surface area contributed by atoms with Crippen LogP contribution < -0.4 is 5.11 Å². The lowest BCUT2D eigenvalue weighted by Gasteiger charge is -2.30. The minimum Gasteiger partial charge on any atom is -0.595 e. The number of carbonyl (C=O) groups is 1. The monoisotopic (exact) mass is 256 g/mol. The highest BCUT2D eigenvalue weighted by Crippen LogP contribution is 2.10. The molecule has 0 aliphatic heterocycles. The molecule has 5 heteroatoms. The number of hydrogen-bond acceptors (Lipinski definition) is 4. The molecule has 0 saturated carbocycles. The number of ether oxygens (including phenoxy) is 1. The lowest BCUT2D eigenvalue weighted by atomic mass is 10.1. The Morgan fingerprint density at radius 1 is 1.50 bits per heavy atom. The van der Waals surface area contributed by atoms with Crippen LogP contribution in [-0.2, 0) is 9.53 Å². The summed E-state index contributed by atoms with van der Waals surface area (Å²) < 4.78 is 4.96. The van der Waals surface area contributed by atoms with Crippen molar-refractivity contribution in [2.75, 3.05) is 0 Å². The highest BCUT2D eigenvalue weighted by atomic mass is 16.6. The first-order valence-corrected chi connectivity index (χ1v) is 6.04. The van der Waals surface area contributed by atoms with Crippen molar-refractivity contribution in [3.8, 4) is 0 Å². The van der Waals surface area contributed by atoms with Crippen molar-refractivity contribution < 1.29 is 19.7 Å². The second-order valence-corrected chi connectivity index (χ2v) is 5.04. The van der Waals surface area contributed by atoms with Crippen LogP contribution in [-0.4, -0.2) is 28.8 Å². The minimum absolute atomic E-state index is 0.336. The highest BCUT2D eigenvalue weighted by molar-refractivity contribution is 5.76. The molecule has 0 bridgehead atoms. The molecule has 0 fully saturated rings. The molecule has 0 heterocycles. The average molecular weight is 256 g/mol. The van der Waals surface area contributed by atoms with Gasteiger partial charge in [0, 0.05) is 5.60 Å². The van der Waals surface area contributed by atoms with Gasteiger partial charge in [0.05, 0.1) is 0 Å². The van der Waals surface area contributed by atoms with E-state index in [0.717, 1.165) is 12.8 Å². The molecule has 0 spiro atoms. The summed E-state index contributed by atoms with van der Waals surface area (Å²) in [7, 11) is 0. The molecule has 0 aromatic heterocycles. The van der Waals surface area contributed by atoms with Gasteiger partial charge in [-0.2, -0.15) is 0 Å². The Labute approximate surface area is 108 Å². The van der Waals surface area contributed by atoms with E-state index in [1.165, 1.54) is 0 Å². The molecule has 0 rings (SSSR count). The van der Waals surface area contributed by atoms with Crippen molar-refractivity contribution in [3.63, 3.8) is 0 Å². The molecule has 0 aromatic carbocycles. The molecule has 18 heavy (non-hydrogen) atoms. The van der Waals surface area contributed by atoms with Crippen LogP contribution in [0.15, 0.2) is 17.6 Å². The molecule has 104 valence electrons. The van der Waals surface area contributed by atoms with Crippen molar-refractivity contribution >= 4 is 12.1 Å². The van der Waals surface area contributed by atoms with Crippen LogP contribution in [0.2, 0.25) is 0 Å². The van der Waals surface area contributed by atoms with E-state index in [9.17, 15) is 9.90 Å². The van der Waals surface area contributed by atoms with Crippen molar-refractivity contribution in [2.45, 2.75) is 58.1 Å². The smallest absolute Gasteiger partial charge is 0.328 e. The Hall–Kier alpha value is -1.52. The molecule has 0 aliphatic carbocycles. The van der Waals surface area contributed by atoms with E-state index in [-0.39, 0.29) is 0 Å². The second kappa shape index (κ2) is 7.74. The summed E-state index contributed by atoms with van der Waals surface area (Å²) in [6, 6.07) is -1.02. The zero-order chi connectivity index (χ0) is 14.2. The number of carboxylic acids is 1. The first-order valence-electron chi connectivity index (χ1n) is 6.04. The normalized spacial score (nSPS) is 14.1. The minimum atomic E-state index is -1.10. The number of aliphatic imine (C=N–C) groups is 1. The maximum atomic E-state index is 11.4.